The van der Waals surface area contributed by atoms with Gasteiger partial charge in [0.25, 0.3) is 0 Å². The van der Waals surface area contributed by atoms with Gasteiger partial charge >= 0.3 is 5.97 Å². The summed E-state index contributed by atoms with van der Waals surface area (Å²) >= 11 is 3.78. The fourth-order valence-electron chi connectivity index (χ4n) is 3.37. The summed E-state index contributed by atoms with van der Waals surface area (Å²) in [7, 11) is 0. The predicted octanol–water partition coefficient (Wildman–Crippen LogP) is 7.26. The van der Waals surface area contributed by atoms with Crippen LogP contribution in [0.5, 0.6) is 0 Å². The molecular formula is C25H31BrO3. The van der Waals surface area contributed by atoms with E-state index in [9.17, 15) is 9.59 Å². The standard InChI is InChI=1S/C25H31BrO3/c1-19-11-13-21(14-12-19)25(29)22-17-15-20(16-18-22)23(26)9-7-5-3-2-4-6-8-10-24(27)28/h11-18,23H,2-10H2,1H3,(H,27,28). The fourth-order valence-corrected chi connectivity index (χ4v) is 3.99. The van der Waals surface area contributed by atoms with Crippen molar-refractivity contribution in [3.8, 4) is 0 Å². The number of hydrogen-bond donors (Lipinski definition) is 1. The van der Waals surface area contributed by atoms with Crippen LogP contribution in [0.1, 0.15) is 89.7 Å². The van der Waals surface area contributed by atoms with Crippen LogP contribution in [-0.4, -0.2) is 16.9 Å². The molecule has 1 N–H and O–H groups in total. The molecule has 0 saturated heterocycles. The van der Waals surface area contributed by atoms with Crippen molar-refractivity contribution in [1.82, 2.24) is 0 Å². The molecule has 3 nitrogen and oxygen atoms in total. The average Bonchev–Trinajstić information content (AvgIpc) is 2.72. The third-order valence-electron chi connectivity index (χ3n) is 5.20. The van der Waals surface area contributed by atoms with Crippen LogP contribution in [0.25, 0.3) is 0 Å². The molecule has 0 heterocycles. The molecule has 156 valence electrons. The zero-order valence-electron chi connectivity index (χ0n) is 17.2. The van der Waals surface area contributed by atoms with Crippen molar-refractivity contribution >= 4 is 27.7 Å². The molecule has 0 bridgehead atoms. The number of alkyl halides is 1. The van der Waals surface area contributed by atoms with Gasteiger partial charge in [0.05, 0.1) is 0 Å². The quantitative estimate of drug-likeness (QED) is 0.195. The molecule has 2 rings (SSSR count). The predicted molar refractivity (Wildman–Crippen MR) is 122 cm³/mol. The Hall–Kier alpha value is -1.94. The first-order valence-corrected chi connectivity index (χ1v) is 11.5. The summed E-state index contributed by atoms with van der Waals surface area (Å²) in [5.74, 6) is -0.632. The maximum atomic E-state index is 12.6. The van der Waals surface area contributed by atoms with E-state index in [1.807, 2.05) is 55.5 Å². The van der Waals surface area contributed by atoms with E-state index in [1.165, 1.54) is 24.8 Å². The highest BCUT2D eigenvalue weighted by Crippen LogP contribution is 2.29. The van der Waals surface area contributed by atoms with Crippen LogP contribution < -0.4 is 0 Å². The van der Waals surface area contributed by atoms with E-state index in [-0.39, 0.29) is 5.78 Å². The van der Waals surface area contributed by atoms with Gasteiger partial charge in [-0.05, 0) is 25.3 Å². The first-order valence-electron chi connectivity index (χ1n) is 10.5. The number of unbranched alkanes of at least 4 members (excludes halogenated alkanes) is 6. The Morgan fingerprint density at radius 1 is 0.793 bits per heavy atom. The minimum absolute atomic E-state index is 0.0611. The van der Waals surface area contributed by atoms with Crippen LogP contribution in [-0.2, 0) is 4.79 Å². The first kappa shape index (κ1) is 23.3. The van der Waals surface area contributed by atoms with Gasteiger partial charge in [0, 0.05) is 22.4 Å². The second kappa shape index (κ2) is 12.6. The van der Waals surface area contributed by atoms with Crippen molar-refractivity contribution in [3.05, 3.63) is 70.8 Å². The zero-order chi connectivity index (χ0) is 21.1. The van der Waals surface area contributed by atoms with E-state index in [0.717, 1.165) is 48.8 Å². The Morgan fingerprint density at radius 3 is 1.83 bits per heavy atom. The SMILES string of the molecule is Cc1ccc(C(=O)c2ccc(C(Br)CCCCCCCCCC(=O)O)cc2)cc1. The van der Waals surface area contributed by atoms with Crippen LogP contribution in [0.4, 0.5) is 0 Å². The van der Waals surface area contributed by atoms with Gasteiger partial charge in [-0.3, -0.25) is 9.59 Å². The van der Waals surface area contributed by atoms with Gasteiger partial charge in [-0.1, -0.05) is 109 Å². The second-order valence-corrected chi connectivity index (χ2v) is 8.80. The monoisotopic (exact) mass is 458 g/mol. The van der Waals surface area contributed by atoms with Gasteiger partial charge in [0.1, 0.15) is 0 Å². The number of ketones is 1. The van der Waals surface area contributed by atoms with E-state index < -0.39 is 5.97 Å². The molecule has 0 radical (unpaired) electrons. The molecule has 2 aromatic carbocycles. The highest BCUT2D eigenvalue weighted by atomic mass is 79.9. The van der Waals surface area contributed by atoms with Gasteiger partial charge in [-0.15, -0.1) is 0 Å². The highest BCUT2D eigenvalue weighted by molar-refractivity contribution is 9.09. The summed E-state index contributed by atoms with van der Waals surface area (Å²) in [6.45, 7) is 2.02. The number of carbonyl (C=O) groups excluding carboxylic acids is 1. The normalized spacial score (nSPS) is 11.9. The Morgan fingerprint density at radius 2 is 1.28 bits per heavy atom. The van der Waals surface area contributed by atoms with Gasteiger partial charge in [-0.25, -0.2) is 0 Å². The molecule has 0 aliphatic heterocycles. The third kappa shape index (κ3) is 8.53. The summed E-state index contributed by atoms with van der Waals surface area (Å²) in [6, 6.07) is 15.6. The maximum absolute atomic E-state index is 12.6. The van der Waals surface area contributed by atoms with Gasteiger partial charge in [0.15, 0.2) is 5.78 Å². The third-order valence-corrected chi connectivity index (χ3v) is 6.18. The van der Waals surface area contributed by atoms with Gasteiger partial charge < -0.3 is 5.11 Å². The summed E-state index contributed by atoms with van der Waals surface area (Å²) in [4.78, 5) is 23.3. The van der Waals surface area contributed by atoms with Crippen LogP contribution in [0, 0.1) is 6.92 Å². The van der Waals surface area contributed by atoms with E-state index in [4.69, 9.17) is 5.11 Å². The Balaban J connectivity index is 1.68. The summed E-state index contributed by atoms with van der Waals surface area (Å²) in [6.07, 6.45) is 9.05. The van der Waals surface area contributed by atoms with Gasteiger partial charge in [0.2, 0.25) is 0 Å². The topological polar surface area (TPSA) is 54.4 Å². The Bertz CT molecular complexity index is 766. The maximum Gasteiger partial charge on any atom is 0.303 e. The Labute approximate surface area is 182 Å². The fraction of sp³-hybridized carbons (Fsp3) is 0.440. The van der Waals surface area contributed by atoms with Crippen molar-refractivity contribution in [2.45, 2.75) is 69.5 Å². The minimum Gasteiger partial charge on any atom is -0.481 e. The molecule has 0 fully saturated rings. The molecule has 0 spiro atoms. The lowest BCUT2D eigenvalue weighted by atomic mass is 9.99. The Kier molecular flexibility index (Phi) is 10.1. The molecule has 0 aliphatic carbocycles. The number of halogens is 1. The van der Waals surface area contributed by atoms with E-state index in [2.05, 4.69) is 15.9 Å². The number of benzene rings is 2. The molecular weight excluding hydrogens is 428 g/mol. The lowest BCUT2D eigenvalue weighted by Gasteiger charge is -2.11. The van der Waals surface area contributed by atoms with Crippen LogP contribution in [0.2, 0.25) is 0 Å². The molecule has 2 aromatic rings. The van der Waals surface area contributed by atoms with E-state index in [1.54, 1.807) is 0 Å². The van der Waals surface area contributed by atoms with Crippen LogP contribution >= 0.6 is 15.9 Å². The molecule has 29 heavy (non-hydrogen) atoms. The number of hydrogen-bond acceptors (Lipinski definition) is 2. The van der Waals surface area contributed by atoms with Crippen molar-refractivity contribution in [2.75, 3.05) is 0 Å². The van der Waals surface area contributed by atoms with E-state index >= 15 is 0 Å². The lowest BCUT2D eigenvalue weighted by Crippen LogP contribution is -2.01. The van der Waals surface area contributed by atoms with Crippen molar-refractivity contribution in [3.63, 3.8) is 0 Å². The largest absolute Gasteiger partial charge is 0.481 e. The summed E-state index contributed by atoms with van der Waals surface area (Å²) in [5, 5.41) is 8.61. The van der Waals surface area contributed by atoms with Crippen molar-refractivity contribution in [1.29, 1.82) is 0 Å². The molecule has 0 aliphatic rings. The molecule has 1 unspecified atom stereocenters. The molecule has 0 aromatic heterocycles. The van der Waals surface area contributed by atoms with Crippen LogP contribution in [0.15, 0.2) is 48.5 Å². The van der Waals surface area contributed by atoms with E-state index in [0.29, 0.717) is 11.2 Å². The highest BCUT2D eigenvalue weighted by Gasteiger charge is 2.11. The number of aryl methyl sites for hydroxylation is 1. The van der Waals surface area contributed by atoms with Crippen molar-refractivity contribution in [2.24, 2.45) is 0 Å². The van der Waals surface area contributed by atoms with Crippen molar-refractivity contribution < 1.29 is 14.7 Å². The average molecular weight is 459 g/mol. The minimum atomic E-state index is -0.694. The molecule has 4 heteroatoms. The lowest BCUT2D eigenvalue weighted by molar-refractivity contribution is -0.137. The number of carboxylic acids is 1. The zero-order valence-corrected chi connectivity index (χ0v) is 18.8. The van der Waals surface area contributed by atoms with Gasteiger partial charge in [-0.2, -0.15) is 0 Å². The number of carboxylic acid groups (broad SMARTS) is 1. The molecule has 0 amide bonds. The smallest absolute Gasteiger partial charge is 0.303 e. The second-order valence-electron chi connectivity index (χ2n) is 7.69. The summed E-state index contributed by atoms with van der Waals surface area (Å²) < 4.78 is 0. The molecule has 0 saturated carbocycles. The number of carbonyl (C=O) groups is 2. The summed E-state index contributed by atoms with van der Waals surface area (Å²) in [5.41, 5.74) is 3.80. The molecule has 1 atom stereocenters. The number of rotatable bonds is 13. The number of aliphatic carboxylic acids is 1. The van der Waals surface area contributed by atoms with Crippen LogP contribution in [0.3, 0.4) is 0 Å². The first-order chi connectivity index (χ1) is 14.0.